The second kappa shape index (κ2) is 6.72. The smallest absolute Gasteiger partial charge is 0.303 e. The van der Waals surface area contributed by atoms with Crippen molar-refractivity contribution in [1.29, 1.82) is 0 Å². The Kier molecular flexibility index (Phi) is 5.29. The summed E-state index contributed by atoms with van der Waals surface area (Å²) in [5.41, 5.74) is 1.31. The quantitative estimate of drug-likeness (QED) is 0.584. The highest BCUT2D eigenvalue weighted by Gasteiger charge is 2.13. The fourth-order valence-electron chi connectivity index (χ4n) is 1.79. The summed E-state index contributed by atoms with van der Waals surface area (Å²) in [4.78, 5) is 21.0. The third-order valence-corrected chi connectivity index (χ3v) is 3.04. The highest BCUT2D eigenvalue weighted by Crippen LogP contribution is 2.22. The van der Waals surface area contributed by atoms with Gasteiger partial charge in [0.05, 0.1) is 4.92 Å². The molecule has 0 saturated carbocycles. The predicted molar refractivity (Wildman–Crippen MR) is 72.4 cm³/mol. The number of carbonyl (C=O) groups is 1. The number of aliphatic carboxylic acids is 1. The van der Waals surface area contributed by atoms with Gasteiger partial charge in [-0.3, -0.25) is 14.9 Å². The van der Waals surface area contributed by atoms with E-state index >= 15 is 0 Å². The standard InChI is InChI=1S/C13H18N2O4/c1-3-10(6-13(16)17)8-14-11-5-4-9(2)12(7-11)15(18)19/h4-5,7,10,14H,3,6,8H2,1-2H3,(H,16,17). The molecule has 0 heterocycles. The van der Waals surface area contributed by atoms with Gasteiger partial charge in [-0.15, -0.1) is 0 Å². The number of nitrogens with one attached hydrogen (secondary N) is 1. The third-order valence-electron chi connectivity index (χ3n) is 3.04. The molecule has 6 nitrogen and oxygen atoms in total. The molecule has 0 fully saturated rings. The molecule has 0 saturated heterocycles. The number of aryl methyl sites for hydroxylation is 1. The van der Waals surface area contributed by atoms with Crippen LogP contribution in [0.25, 0.3) is 0 Å². The number of nitrogens with zero attached hydrogens (tertiary/aromatic N) is 1. The molecule has 1 aromatic carbocycles. The van der Waals surface area contributed by atoms with Crippen LogP contribution in [-0.4, -0.2) is 22.5 Å². The van der Waals surface area contributed by atoms with Gasteiger partial charge in [0.15, 0.2) is 0 Å². The molecule has 0 radical (unpaired) electrons. The van der Waals surface area contributed by atoms with Crippen LogP contribution in [0.5, 0.6) is 0 Å². The first kappa shape index (κ1) is 14.9. The Hall–Kier alpha value is -2.11. The van der Waals surface area contributed by atoms with Crippen LogP contribution >= 0.6 is 0 Å². The summed E-state index contributed by atoms with van der Waals surface area (Å²) in [5, 5.41) is 22.6. The molecule has 1 aromatic rings. The van der Waals surface area contributed by atoms with E-state index in [0.29, 0.717) is 17.8 Å². The van der Waals surface area contributed by atoms with Gasteiger partial charge in [-0.2, -0.15) is 0 Å². The van der Waals surface area contributed by atoms with E-state index in [1.807, 2.05) is 6.92 Å². The van der Waals surface area contributed by atoms with Crippen molar-refractivity contribution in [2.24, 2.45) is 5.92 Å². The van der Waals surface area contributed by atoms with E-state index in [1.54, 1.807) is 19.1 Å². The van der Waals surface area contributed by atoms with Gasteiger partial charge in [0, 0.05) is 30.3 Å². The molecule has 6 heteroatoms. The average molecular weight is 266 g/mol. The van der Waals surface area contributed by atoms with E-state index in [1.165, 1.54) is 6.07 Å². The minimum atomic E-state index is -0.830. The first-order valence-electron chi connectivity index (χ1n) is 6.14. The SMILES string of the molecule is CCC(CNc1ccc(C)c([N+](=O)[O-])c1)CC(=O)O. The molecule has 104 valence electrons. The van der Waals surface area contributed by atoms with E-state index in [0.717, 1.165) is 6.42 Å². The average Bonchev–Trinajstić information content (AvgIpc) is 2.35. The maximum atomic E-state index is 10.8. The number of rotatable bonds is 7. The Morgan fingerprint density at radius 1 is 1.53 bits per heavy atom. The van der Waals surface area contributed by atoms with E-state index in [9.17, 15) is 14.9 Å². The Balaban J connectivity index is 2.69. The molecular weight excluding hydrogens is 248 g/mol. The van der Waals surface area contributed by atoms with Crippen LogP contribution in [0.3, 0.4) is 0 Å². The molecule has 0 spiro atoms. The van der Waals surface area contributed by atoms with Gasteiger partial charge in [-0.25, -0.2) is 0 Å². The Labute approximate surface area is 111 Å². The molecule has 0 amide bonds. The van der Waals surface area contributed by atoms with Crippen LogP contribution in [0.4, 0.5) is 11.4 Å². The number of hydrogen-bond acceptors (Lipinski definition) is 4. The van der Waals surface area contributed by atoms with Gasteiger partial charge in [-0.1, -0.05) is 19.4 Å². The zero-order chi connectivity index (χ0) is 14.4. The van der Waals surface area contributed by atoms with Gasteiger partial charge in [-0.05, 0) is 18.9 Å². The minimum absolute atomic E-state index is 0.0119. The van der Waals surface area contributed by atoms with Crippen molar-refractivity contribution < 1.29 is 14.8 Å². The van der Waals surface area contributed by atoms with E-state index in [2.05, 4.69) is 5.32 Å². The van der Waals surface area contributed by atoms with Gasteiger partial charge >= 0.3 is 5.97 Å². The Morgan fingerprint density at radius 3 is 2.74 bits per heavy atom. The molecule has 0 aromatic heterocycles. The number of carboxylic acid groups (broad SMARTS) is 1. The summed E-state index contributed by atoms with van der Waals surface area (Å²) < 4.78 is 0. The van der Waals surface area contributed by atoms with Crippen LogP contribution in [0, 0.1) is 23.0 Å². The number of anilines is 1. The lowest BCUT2D eigenvalue weighted by Crippen LogP contribution is -2.17. The molecule has 1 atom stereocenters. The summed E-state index contributed by atoms with van der Waals surface area (Å²) in [6.45, 7) is 4.09. The maximum absolute atomic E-state index is 10.8. The molecular formula is C13H18N2O4. The lowest BCUT2D eigenvalue weighted by molar-refractivity contribution is -0.385. The second-order valence-electron chi connectivity index (χ2n) is 4.51. The van der Waals surface area contributed by atoms with E-state index in [-0.39, 0.29) is 18.0 Å². The van der Waals surface area contributed by atoms with Gasteiger partial charge in [0.2, 0.25) is 0 Å². The molecule has 0 aliphatic heterocycles. The minimum Gasteiger partial charge on any atom is -0.481 e. The summed E-state index contributed by atoms with van der Waals surface area (Å²) in [6.07, 6.45) is 0.838. The van der Waals surface area contributed by atoms with Crippen molar-refractivity contribution in [1.82, 2.24) is 0 Å². The number of hydrogen-bond donors (Lipinski definition) is 2. The number of nitro benzene ring substituents is 1. The maximum Gasteiger partial charge on any atom is 0.303 e. The lowest BCUT2D eigenvalue weighted by atomic mass is 10.0. The summed E-state index contributed by atoms with van der Waals surface area (Å²) in [7, 11) is 0. The molecule has 1 rings (SSSR count). The largest absolute Gasteiger partial charge is 0.481 e. The molecule has 0 aliphatic rings. The van der Waals surface area contributed by atoms with Crippen molar-refractivity contribution in [3.8, 4) is 0 Å². The molecule has 1 unspecified atom stereocenters. The summed E-state index contributed by atoms with van der Waals surface area (Å²) in [6, 6.07) is 4.91. The Bertz CT molecular complexity index is 474. The lowest BCUT2D eigenvalue weighted by Gasteiger charge is -2.14. The van der Waals surface area contributed by atoms with Crippen molar-refractivity contribution >= 4 is 17.3 Å². The van der Waals surface area contributed by atoms with Crippen LogP contribution in [0.1, 0.15) is 25.3 Å². The molecule has 0 aliphatic carbocycles. The summed E-state index contributed by atoms with van der Waals surface area (Å²) >= 11 is 0. The van der Waals surface area contributed by atoms with Crippen LogP contribution < -0.4 is 5.32 Å². The zero-order valence-electron chi connectivity index (χ0n) is 11.0. The zero-order valence-corrected chi connectivity index (χ0v) is 11.0. The van der Waals surface area contributed by atoms with E-state index < -0.39 is 10.9 Å². The fraction of sp³-hybridized carbons (Fsp3) is 0.462. The first-order chi connectivity index (χ1) is 8.93. The van der Waals surface area contributed by atoms with Gasteiger partial charge < -0.3 is 10.4 Å². The van der Waals surface area contributed by atoms with Crippen LogP contribution in [0.15, 0.2) is 18.2 Å². The second-order valence-corrected chi connectivity index (χ2v) is 4.51. The Morgan fingerprint density at radius 2 is 2.21 bits per heavy atom. The van der Waals surface area contributed by atoms with Crippen LogP contribution in [-0.2, 0) is 4.79 Å². The monoisotopic (exact) mass is 266 g/mol. The third kappa shape index (κ3) is 4.57. The topological polar surface area (TPSA) is 92.5 Å². The highest BCUT2D eigenvalue weighted by atomic mass is 16.6. The van der Waals surface area contributed by atoms with Crippen molar-refractivity contribution in [3.05, 3.63) is 33.9 Å². The highest BCUT2D eigenvalue weighted by molar-refractivity contribution is 5.67. The molecule has 19 heavy (non-hydrogen) atoms. The van der Waals surface area contributed by atoms with Crippen molar-refractivity contribution in [2.75, 3.05) is 11.9 Å². The van der Waals surface area contributed by atoms with Crippen molar-refractivity contribution in [3.63, 3.8) is 0 Å². The molecule has 0 bridgehead atoms. The van der Waals surface area contributed by atoms with Gasteiger partial charge in [0.25, 0.3) is 5.69 Å². The van der Waals surface area contributed by atoms with Crippen molar-refractivity contribution in [2.45, 2.75) is 26.7 Å². The normalized spacial score (nSPS) is 11.9. The first-order valence-corrected chi connectivity index (χ1v) is 6.14. The fourth-order valence-corrected chi connectivity index (χ4v) is 1.79. The number of benzene rings is 1. The van der Waals surface area contributed by atoms with Gasteiger partial charge in [0.1, 0.15) is 0 Å². The number of nitro groups is 1. The van der Waals surface area contributed by atoms with Crippen LogP contribution in [0.2, 0.25) is 0 Å². The van der Waals surface area contributed by atoms with E-state index in [4.69, 9.17) is 5.11 Å². The molecule has 2 N–H and O–H groups in total. The predicted octanol–water partition coefficient (Wildman–Crippen LogP) is 2.82. The summed E-state index contributed by atoms with van der Waals surface area (Å²) in [5.74, 6) is -0.818. The number of carboxylic acids is 1.